The van der Waals surface area contributed by atoms with E-state index in [-0.39, 0.29) is 67.2 Å². The standard InChI is InChI=1S/C87H103N13O15S2/c1-52-53(2)77(54(3)65-47-86(8,9)115-76(52)65)117(111,112)100-83(89)91-44-25-38-68(98-84(110)113-49-66-63-35-21-19-33-61(63)62-34-20-22-36-64(62)66)79(106)90-45-43-73(102)94-69(39-41-74(103)99-87(57-26-13-10-14-27-57,58-28-15-11-16-29-58)59-30-17-12-18-31-59)80(107)96-71(46-56-48-92-67-37-24-23-32-60(56)67)82(109)95-70(40-42-75(104)114-85(5,6)7)81(108)97-72(78(88)105)50-116-51-93-55(4)101/h10-24,26-37,48,66,68-72,92H,25,38-47,49-51H2,1-9H3,(H2,88,105)(H,90,106)(H,93,101)(H,94,102)(H,95,109)(H,96,107)(H,97,108)(H,98,110)(H,99,103)(H3,89,91,100)/t68-,69-,70-,71-,72-/m0/s1. The van der Waals surface area contributed by atoms with E-state index >= 15 is 14.4 Å². The third kappa shape index (κ3) is 22.7. The van der Waals surface area contributed by atoms with Gasteiger partial charge in [0.1, 0.15) is 59.3 Å². The number of aromatic nitrogens is 1. The lowest BCUT2D eigenvalue weighted by Crippen LogP contribution is -2.59. The van der Waals surface area contributed by atoms with Gasteiger partial charge in [-0.25, -0.2) is 17.9 Å². The predicted octanol–water partition coefficient (Wildman–Crippen LogP) is 8.31. The molecule has 28 nitrogen and oxygen atoms in total. The molecule has 2 aliphatic rings. The monoisotopic (exact) mass is 1630 g/mol. The lowest BCUT2D eigenvalue weighted by atomic mass is 9.77. The second kappa shape index (κ2) is 39.1. The minimum absolute atomic E-state index is 0.0293. The average Bonchev–Trinajstić information content (AvgIpc) is 1.74. The minimum Gasteiger partial charge on any atom is -0.487 e. The molecular weight excluding hydrogens is 1530 g/mol. The molecule has 2 heterocycles. The number of ether oxygens (including phenoxy) is 3. The number of benzene rings is 7. The van der Waals surface area contributed by atoms with Gasteiger partial charge in [0, 0.05) is 86.5 Å². The van der Waals surface area contributed by atoms with Gasteiger partial charge in [-0.3, -0.25) is 48.6 Å². The van der Waals surface area contributed by atoms with Crippen LogP contribution in [0.1, 0.15) is 148 Å². The molecule has 117 heavy (non-hydrogen) atoms. The smallest absolute Gasteiger partial charge is 0.407 e. The number of hydrogen-bond acceptors (Lipinski definition) is 17. The Morgan fingerprint density at radius 2 is 1.15 bits per heavy atom. The van der Waals surface area contributed by atoms with Crippen molar-refractivity contribution in [2.24, 2.45) is 5.73 Å². The van der Waals surface area contributed by atoms with Crippen LogP contribution in [0.5, 0.6) is 5.75 Å². The van der Waals surface area contributed by atoms with Crippen LogP contribution >= 0.6 is 11.8 Å². The van der Waals surface area contributed by atoms with Crippen molar-refractivity contribution in [3.63, 3.8) is 0 Å². The van der Waals surface area contributed by atoms with Gasteiger partial charge in [0.15, 0.2) is 0 Å². The summed E-state index contributed by atoms with van der Waals surface area (Å²) in [6, 6.07) is 43.0. The number of nitrogens with one attached hydrogen (secondary N) is 12. The largest absolute Gasteiger partial charge is 0.487 e. The van der Waals surface area contributed by atoms with E-state index in [0.717, 1.165) is 39.6 Å². The second-order valence-electron chi connectivity index (χ2n) is 30.7. The Hall–Kier alpha value is -12.1. The van der Waals surface area contributed by atoms with Crippen LogP contribution in [-0.2, 0) is 81.0 Å². The topological polar surface area (TPSA) is 418 Å². The van der Waals surface area contributed by atoms with Crippen LogP contribution in [-0.4, -0.2) is 151 Å². The molecule has 5 atom stereocenters. The zero-order valence-corrected chi connectivity index (χ0v) is 68.7. The number of alkyl carbamates (subject to hydrolysis) is 1. The fraction of sp³-hybridized carbons (Fsp3) is 0.368. The maximum Gasteiger partial charge on any atom is 0.407 e. The van der Waals surface area contributed by atoms with Gasteiger partial charge in [0.25, 0.3) is 10.0 Å². The maximum absolute atomic E-state index is 15.5. The number of carbonyl (C=O) groups excluding carboxylic acids is 10. The molecule has 618 valence electrons. The van der Waals surface area contributed by atoms with Gasteiger partial charge in [0.2, 0.25) is 53.2 Å². The molecule has 30 heteroatoms. The SMILES string of the molecule is CC(=O)NCSC[C@H](NC(=O)[C@H](CCC(=O)OC(C)(C)C)NC(=O)[C@H](Cc1c[nH]c2ccccc12)NC(=O)[C@H](CCC(=O)NC(c1ccccc1)(c1ccccc1)c1ccccc1)NC(=O)CCNC(=O)[C@H](CCCNC(=N)NS(=O)(=O)c1c(C)c(C)c2c(c1C)CC(C)(C)O2)NC(=O)OCC1c2ccccc2-c2ccccc21)C(N)=O. The summed E-state index contributed by atoms with van der Waals surface area (Å²) in [5.74, 6) is -7.31. The van der Waals surface area contributed by atoms with Crippen molar-refractivity contribution in [1.29, 1.82) is 5.41 Å². The van der Waals surface area contributed by atoms with Crippen LogP contribution < -0.4 is 63.0 Å². The molecule has 10 rings (SSSR count). The van der Waals surface area contributed by atoms with Crippen molar-refractivity contribution in [1.82, 2.24) is 57.6 Å². The molecule has 0 fully saturated rings. The van der Waals surface area contributed by atoms with Gasteiger partial charge < -0.3 is 72.8 Å². The van der Waals surface area contributed by atoms with Crippen LogP contribution in [0.25, 0.3) is 22.0 Å². The molecule has 7 aromatic carbocycles. The molecule has 0 bridgehead atoms. The number of hydrogen-bond donors (Lipinski definition) is 13. The zero-order valence-electron chi connectivity index (χ0n) is 67.0. The first-order valence-electron chi connectivity index (χ1n) is 38.8. The number of esters is 1. The third-order valence-electron chi connectivity index (χ3n) is 20.4. The van der Waals surface area contributed by atoms with E-state index in [4.69, 9.17) is 25.4 Å². The van der Waals surface area contributed by atoms with Gasteiger partial charge in [-0.1, -0.05) is 158 Å². The number of fused-ring (bicyclic) bond motifs is 5. The number of H-pyrrole nitrogens is 1. The Morgan fingerprint density at radius 3 is 1.74 bits per heavy atom. The highest BCUT2D eigenvalue weighted by Gasteiger charge is 2.41. The Labute approximate surface area is 685 Å². The summed E-state index contributed by atoms with van der Waals surface area (Å²) in [5, 5.41) is 34.3. The molecule has 0 radical (unpaired) electrons. The highest BCUT2D eigenvalue weighted by atomic mass is 32.2. The fourth-order valence-corrected chi connectivity index (χ4v) is 17.2. The van der Waals surface area contributed by atoms with Crippen LogP contribution in [0, 0.1) is 26.2 Å². The van der Waals surface area contributed by atoms with E-state index in [1.54, 1.807) is 72.0 Å². The molecule has 1 aliphatic carbocycles. The Bertz CT molecular complexity index is 4950. The van der Waals surface area contributed by atoms with Crippen molar-refractivity contribution >= 4 is 98.0 Å². The molecule has 0 saturated heterocycles. The van der Waals surface area contributed by atoms with Crippen molar-refractivity contribution in [2.45, 2.75) is 178 Å². The number of rotatable bonds is 37. The van der Waals surface area contributed by atoms with Gasteiger partial charge in [0.05, 0.1) is 10.8 Å². The number of guanidine groups is 1. The van der Waals surface area contributed by atoms with Gasteiger partial charge in [-0.05, 0) is 148 Å². The summed E-state index contributed by atoms with van der Waals surface area (Å²) in [6.45, 7) is 14.7. The molecule has 0 unspecified atom stereocenters. The molecule has 1 aliphatic heterocycles. The quantitative estimate of drug-likeness (QED) is 0.00434. The van der Waals surface area contributed by atoms with Crippen molar-refractivity contribution in [3.8, 4) is 16.9 Å². The summed E-state index contributed by atoms with van der Waals surface area (Å²) >= 11 is 1.08. The maximum atomic E-state index is 15.5. The first-order chi connectivity index (χ1) is 55.7. The van der Waals surface area contributed by atoms with E-state index in [0.29, 0.717) is 62.0 Å². The van der Waals surface area contributed by atoms with Gasteiger partial charge >= 0.3 is 12.1 Å². The Morgan fingerprint density at radius 1 is 0.607 bits per heavy atom. The number of aromatic amines is 1. The molecular formula is C87H103N13O15S2. The third-order valence-corrected chi connectivity index (χ3v) is 23.0. The molecule has 1 aromatic heterocycles. The number of thioether (sulfide) groups is 1. The lowest BCUT2D eigenvalue weighted by molar-refractivity contribution is -0.155. The normalized spacial score (nSPS) is 14.0. The summed E-state index contributed by atoms with van der Waals surface area (Å²) in [6.07, 6.45) is -1.23. The van der Waals surface area contributed by atoms with E-state index in [9.17, 15) is 42.0 Å². The minimum atomic E-state index is -4.32. The van der Waals surface area contributed by atoms with Gasteiger partial charge in [-0.2, -0.15) is 0 Å². The lowest BCUT2D eigenvalue weighted by Gasteiger charge is -2.37. The second-order valence-corrected chi connectivity index (χ2v) is 33.4. The highest BCUT2D eigenvalue weighted by molar-refractivity contribution is 7.99. The zero-order chi connectivity index (χ0) is 84.4. The van der Waals surface area contributed by atoms with E-state index in [1.165, 1.54) is 6.92 Å². The molecule has 8 aromatic rings. The Balaban J connectivity index is 0.902. The number of primary amides is 1. The van der Waals surface area contributed by atoms with E-state index < -0.39 is 149 Å². The summed E-state index contributed by atoms with van der Waals surface area (Å²) in [4.78, 5) is 145. The first-order valence-corrected chi connectivity index (χ1v) is 41.5. The summed E-state index contributed by atoms with van der Waals surface area (Å²) in [7, 11) is -4.32. The number of sulfonamides is 1. The Kier molecular flexibility index (Phi) is 29.2. The molecule has 0 saturated carbocycles. The number of carbonyl (C=O) groups is 10. The molecule has 0 spiro atoms. The van der Waals surface area contributed by atoms with Crippen molar-refractivity contribution in [2.75, 3.05) is 31.3 Å². The summed E-state index contributed by atoms with van der Waals surface area (Å²) in [5.41, 5.74) is 12.5. The number of para-hydroxylation sites is 1. The fourth-order valence-electron chi connectivity index (χ4n) is 14.7. The highest BCUT2D eigenvalue weighted by Crippen LogP contribution is 2.46. The first kappa shape index (κ1) is 87.3. The van der Waals surface area contributed by atoms with E-state index in [1.807, 2.05) is 153 Å². The predicted molar refractivity (Wildman–Crippen MR) is 446 cm³/mol. The van der Waals surface area contributed by atoms with Crippen molar-refractivity contribution < 1.29 is 70.6 Å². The van der Waals surface area contributed by atoms with Crippen molar-refractivity contribution in [3.05, 3.63) is 226 Å². The number of nitrogens with two attached hydrogens (primary N) is 1. The summed E-state index contributed by atoms with van der Waals surface area (Å²) < 4.78 is 48.2. The molecule has 9 amide bonds. The molecule has 14 N–H and O–H groups in total. The van der Waals surface area contributed by atoms with Crippen LogP contribution in [0.3, 0.4) is 0 Å². The number of amides is 9. The van der Waals surface area contributed by atoms with E-state index in [2.05, 4.69) is 57.6 Å². The average molecular weight is 1630 g/mol. The van der Waals surface area contributed by atoms with Crippen LogP contribution in [0.15, 0.2) is 175 Å². The van der Waals surface area contributed by atoms with Crippen LogP contribution in [0.4, 0.5) is 4.79 Å². The van der Waals surface area contributed by atoms with Gasteiger partial charge in [-0.15, -0.1) is 11.8 Å². The van der Waals surface area contributed by atoms with Crippen LogP contribution in [0.2, 0.25) is 0 Å².